The van der Waals surface area contributed by atoms with Gasteiger partial charge < -0.3 is 0 Å². The van der Waals surface area contributed by atoms with Gasteiger partial charge >= 0.3 is 0 Å². The molecule has 2 aliphatic carbocycles. The summed E-state index contributed by atoms with van der Waals surface area (Å²) in [5.41, 5.74) is 39.5. The Morgan fingerprint density at radius 2 is 0.391 bits per heavy atom. The second-order valence-corrected chi connectivity index (χ2v) is 75.7. The van der Waals surface area contributed by atoms with Crippen LogP contribution in [-0.4, -0.2) is 48.4 Å². The summed E-state index contributed by atoms with van der Waals surface area (Å²) in [5, 5.41) is 32.2. The van der Waals surface area contributed by atoms with Gasteiger partial charge in [-0.15, -0.1) is 59.6 Å². The van der Waals surface area contributed by atoms with Gasteiger partial charge in [0.1, 0.15) is 32.3 Å². The van der Waals surface area contributed by atoms with E-state index in [1.165, 1.54) is 176 Å². The van der Waals surface area contributed by atoms with Crippen LogP contribution >= 0.6 is 0 Å². The van der Waals surface area contributed by atoms with Gasteiger partial charge in [0.2, 0.25) is 0 Å². The Bertz CT molecular complexity index is 6960. The van der Waals surface area contributed by atoms with E-state index in [1.54, 1.807) is 0 Å². The molecule has 0 nitrogen and oxygen atoms in total. The molecule has 0 saturated heterocycles. The summed E-state index contributed by atoms with van der Waals surface area (Å²) >= 11 is 0. The zero-order valence-corrected chi connectivity index (χ0v) is 94.1. The van der Waals surface area contributed by atoms with Gasteiger partial charge in [-0.1, -0.05) is 396 Å². The Kier molecular flexibility index (Phi) is 30.2. The van der Waals surface area contributed by atoms with Crippen LogP contribution in [0.2, 0.25) is 89.7 Å². The van der Waals surface area contributed by atoms with E-state index in [9.17, 15) is 0 Å². The molecule has 0 N–H and O–H groups in total. The molecule has 702 valence electrons. The minimum Gasteiger partial charge on any atom is -0.125 e. The molecule has 0 radical (unpaired) electrons. The molecule has 2 aliphatic rings. The molecule has 15 aromatic carbocycles. The van der Waals surface area contributed by atoms with Crippen molar-refractivity contribution in [2.24, 2.45) is 0 Å². The van der Waals surface area contributed by atoms with Crippen LogP contribution in [-0.2, 0) is 0 Å². The SMILES string of the molecule is C=C(C)[Si](C#Cc1c2cc3ccccc3cc2c(C#C[Si](C(=C)C)(C(C)C)C(C)C)c2cc3ccccc3cc12)(C(C)C)C(C)C.C=CC[Si](C#Cc1c2cc3ccccc3cc2c(C#C[Si](CC=C)(C(C)C)C(C)C)c2cc3ccccc3cc12)(C(C)C)C(C)C.CC(C)[Si](C#Cc1c2cc3ccccc3cc2c(C#C[Si](C(C)C)(C(C)C)C2CC2)c2cc3ccccc3cc12)(C(C)C)C1CC1. The van der Waals surface area contributed by atoms with E-state index < -0.39 is 48.4 Å². The van der Waals surface area contributed by atoms with E-state index in [1.807, 2.05) is 0 Å². The molecule has 2 fully saturated rings. The summed E-state index contributed by atoms with van der Waals surface area (Å²) in [6.45, 7) is 79.1. The van der Waals surface area contributed by atoms with Crippen LogP contribution in [0.4, 0.5) is 0 Å². The Morgan fingerprint density at radius 3 is 0.514 bits per heavy atom. The average Bonchev–Trinajstić information content (AvgIpc) is 1.58. The molecule has 0 spiro atoms. The second kappa shape index (κ2) is 41.1. The van der Waals surface area contributed by atoms with Crippen molar-refractivity contribution in [3.05, 3.63) is 301 Å². The third-order valence-electron chi connectivity index (χ3n) is 33.5. The first-order valence-corrected chi connectivity index (χ1v) is 65.5. The first-order valence-electron chi connectivity index (χ1n) is 52.0. The minimum absolute atomic E-state index is 0.467. The summed E-state index contributed by atoms with van der Waals surface area (Å²) < 4.78 is 0. The fourth-order valence-electron chi connectivity index (χ4n) is 25.3. The standard InChI is InChI=1S/3C44H50Si2/c1-29(2)45(30(3)4,37-17-18-37)23-21-39-41-25-33-13-9-11-15-35(33)27-43(41)40(22-24-46(31(5)6,32(7)8)38-19-20-38)44-28-36-16-12-10-14-34(36)26-42(39)44;1-29(2)45(30(3)4,31(5)6)23-21-39-41-25-35-17-13-15-19-37(35)27-43(41)40(22-24-46(32(7)8,33(9)10)34(11)12)44-28-38-20-16-14-18-36(38)26-42(39)44;1-11-23-45(31(3)4,32(5)6)25-21-39-41-27-35-17-13-15-19-37(35)29-43(41)40(22-26-46(24-12-2,33(7)8)34(9)10)44-30-38-20-16-14-18-36(38)28-42(39)44/h9-16,25-32,37-38H,17-20H2,1-8H3;13-20,25-28,30-31,33-34H,1,7H2,2-6,8-12H3;11-20,27-34H,1-2,23-24H2,3-10H3. The Balaban J connectivity index is 0.000000157. The summed E-state index contributed by atoms with van der Waals surface area (Å²) in [6, 6.07) is 83.1. The van der Waals surface area contributed by atoms with Crippen molar-refractivity contribution in [3.63, 3.8) is 0 Å². The number of fused-ring (bicyclic) bond motifs is 12. The lowest BCUT2D eigenvalue weighted by atomic mass is 9.89. The quantitative estimate of drug-likeness (QED) is 0.0309. The maximum absolute atomic E-state index is 4.53. The van der Waals surface area contributed by atoms with Crippen molar-refractivity contribution in [2.45, 2.75) is 295 Å². The van der Waals surface area contributed by atoms with E-state index in [2.05, 4.69) is 506 Å². The second-order valence-electron chi connectivity index (χ2n) is 44.9. The normalized spacial score (nSPS) is 13.4. The van der Waals surface area contributed by atoms with Gasteiger partial charge in [0.05, 0.1) is 0 Å². The Hall–Kier alpha value is -11.0. The fourth-order valence-corrected chi connectivity index (χ4v) is 52.6. The van der Waals surface area contributed by atoms with Crippen LogP contribution in [0.15, 0.2) is 267 Å². The molecule has 0 aliphatic heterocycles. The molecule has 0 unspecified atom stereocenters. The molecule has 6 heteroatoms. The van der Waals surface area contributed by atoms with Crippen LogP contribution in [0, 0.1) is 68.8 Å². The first-order chi connectivity index (χ1) is 65.8. The molecule has 0 heterocycles. The maximum Gasteiger partial charge on any atom is 0.169 e. The minimum atomic E-state index is -2.17. The van der Waals surface area contributed by atoms with Crippen molar-refractivity contribution in [1.82, 2.24) is 0 Å². The molecule has 17 rings (SSSR count). The molecular formula is C132H150Si6. The monoisotopic (exact) mass is 1900 g/mol. The van der Waals surface area contributed by atoms with Gasteiger partial charge in [-0.05, 0) is 306 Å². The summed E-state index contributed by atoms with van der Waals surface area (Å²) in [5.74, 6) is 23.7. The van der Waals surface area contributed by atoms with E-state index in [-0.39, 0.29) is 0 Å². The summed E-state index contributed by atoms with van der Waals surface area (Å²) in [7, 11) is -12.1. The number of rotatable bonds is 20. The lowest BCUT2D eigenvalue weighted by Crippen LogP contribution is -2.41. The molecular weight excluding hydrogens is 1750 g/mol. The highest BCUT2D eigenvalue weighted by molar-refractivity contribution is 6.96. The lowest BCUT2D eigenvalue weighted by molar-refractivity contribution is 0.891. The highest BCUT2D eigenvalue weighted by Crippen LogP contribution is 2.57. The molecule has 2 saturated carbocycles. The smallest absolute Gasteiger partial charge is 0.125 e. The average molecular weight is 1910 g/mol. The van der Waals surface area contributed by atoms with Crippen LogP contribution < -0.4 is 0 Å². The van der Waals surface area contributed by atoms with Crippen molar-refractivity contribution >= 4 is 178 Å². The van der Waals surface area contributed by atoms with Crippen molar-refractivity contribution in [2.75, 3.05) is 0 Å². The van der Waals surface area contributed by atoms with Crippen LogP contribution in [0.25, 0.3) is 129 Å². The molecule has 0 aromatic heterocycles. The summed E-state index contributed by atoms with van der Waals surface area (Å²) in [6.07, 6.45) is 9.67. The molecule has 0 amide bonds. The van der Waals surface area contributed by atoms with Crippen molar-refractivity contribution in [1.29, 1.82) is 0 Å². The third-order valence-corrected chi connectivity index (χ3v) is 68.6. The zero-order chi connectivity index (χ0) is 99.2. The largest absolute Gasteiger partial charge is 0.169 e. The first kappa shape index (κ1) is 101. The van der Waals surface area contributed by atoms with Gasteiger partial charge in [0, 0.05) is 33.4 Å². The van der Waals surface area contributed by atoms with E-state index in [4.69, 9.17) is 0 Å². The Morgan fingerprint density at radius 1 is 0.239 bits per heavy atom. The van der Waals surface area contributed by atoms with Crippen LogP contribution in [0.5, 0.6) is 0 Å². The zero-order valence-electron chi connectivity index (χ0n) is 88.1. The van der Waals surface area contributed by atoms with Gasteiger partial charge in [-0.3, -0.25) is 0 Å². The highest BCUT2D eigenvalue weighted by atomic mass is 28.3. The van der Waals surface area contributed by atoms with Crippen LogP contribution in [0.1, 0.15) is 239 Å². The molecule has 15 aromatic rings. The molecule has 138 heavy (non-hydrogen) atoms. The maximum atomic E-state index is 4.53. The van der Waals surface area contributed by atoms with Crippen LogP contribution in [0.3, 0.4) is 0 Å². The highest BCUT2D eigenvalue weighted by Gasteiger charge is 2.53. The van der Waals surface area contributed by atoms with E-state index >= 15 is 0 Å². The number of hydrogen-bond donors (Lipinski definition) is 0. The lowest BCUT2D eigenvalue weighted by Gasteiger charge is -2.35. The van der Waals surface area contributed by atoms with Crippen molar-refractivity contribution < 1.29 is 0 Å². The predicted molar refractivity (Wildman–Crippen MR) is 632 cm³/mol. The fraction of sp³-hybridized carbons (Fsp3) is 0.348. The van der Waals surface area contributed by atoms with Gasteiger partial charge in [0.15, 0.2) is 16.1 Å². The third kappa shape index (κ3) is 18.7. The molecule has 0 bridgehead atoms. The Labute approximate surface area is 835 Å². The predicted octanol–water partition coefficient (Wildman–Crippen LogP) is 38.8. The van der Waals surface area contributed by atoms with Gasteiger partial charge in [0.25, 0.3) is 0 Å². The number of hydrogen-bond acceptors (Lipinski definition) is 0. The topological polar surface area (TPSA) is 0 Å². The molecule has 0 atom stereocenters. The van der Waals surface area contributed by atoms with E-state index in [0.29, 0.717) is 66.5 Å². The summed E-state index contributed by atoms with van der Waals surface area (Å²) in [4.78, 5) is 0. The van der Waals surface area contributed by atoms with Gasteiger partial charge in [-0.25, -0.2) is 0 Å². The number of benzene rings is 15. The van der Waals surface area contributed by atoms with Gasteiger partial charge in [-0.2, -0.15) is 0 Å². The van der Waals surface area contributed by atoms with Crippen molar-refractivity contribution in [3.8, 4) is 68.8 Å². The number of allylic oxidation sites excluding steroid dienone is 4. The van der Waals surface area contributed by atoms with E-state index in [0.717, 1.165) is 45.4 Å².